The minimum Gasteiger partial charge on any atom is -0.507 e. The number of phenolic OH excluding ortho intramolecular Hbond substituents is 1. The lowest BCUT2D eigenvalue weighted by molar-refractivity contribution is 0.321. The lowest BCUT2D eigenvalue weighted by atomic mass is 10.1. The maximum atomic E-state index is 9.16. The molecule has 0 amide bonds. The molecule has 0 radical (unpaired) electrons. The van der Waals surface area contributed by atoms with Crippen LogP contribution in [0.5, 0.6) is 5.75 Å². The summed E-state index contributed by atoms with van der Waals surface area (Å²) >= 11 is 0. The van der Waals surface area contributed by atoms with E-state index in [-0.39, 0.29) is 5.75 Å². The van der Waals surface area contributed by atoms with E-state index < -0.39 is 0 Å². The Hall–Kier alpha value is -1.51. The highest BCUT2D eigenvalue weighted by Crippen LogP contribution is 2.15. The summed E-state index contributed by atoms with van der Waals surface area (Å²) in [5.41, 5.74) is 1.53. The molecule has 0 fully saturated rings. The van der Waals surface area contributed by atoms with Crippen LogP contribution in [0.25, 0.3) is 0 Å². The second-order valence-corrected chi connectivity index (χ2v) is 2.31. The Morgan fingerprint density at radius 1 is 1.31 bits per heavy atom. The molecular weight excluding hydrogens is 166 g/mol. The molecule has 0 bridgehead atoms. The fourth-order valence-corrected chi connectivity index (χ4v) is 0.840. The van der Waals surface area contributed by atoms with E-state index in [1.807, 2.05) is 20.8 Å². The van der Waals surface area contributed by atoms with Gasteiger partial charge < -0.3 is 10.3 Å². The van der Waals surface area contributed by atoms with Crippen LogP contribution in [0, 0.1) is 6.92 Å². The molecule has 0 spiro atoms. The van der Waals surface area contributed by atoms with E-state index in [0.717, 1.165) is 5.56 Å². The number of hydrogen-bond acceptors (Lipinski definition) is 3. The molecule has 0 atom stereocenters. The number of aryl methyl sites for hydroxylation is 1. The summed E-state index contributed by atoms with van der Waals surface area (Å²) < 4.78 is 0. The van der Waals surface area contributed by atoms with Crippen molar-refractivity contribution in [3.8, 4) is 5.75 Å². The van der Waals surface area contributed by atoms with E-state index >= 15 is 0 Å². The summed E-state index contributed by atoms with van der Waals surface area (Å²) in [6.45, 7) is 5.90. The van der Waals surface area contributed by atoms with Gasteiger partial charge >= 0.3 is 0 Å². The van der Waals surface area contributed by atoms with Crippen LogP contribution in [0.2, 0.25) is 0 Å². The van der Waals surface area contributed by atoms with Crippen molar-refractivity contribution in [1.82, 2.24) is 0 Å². The minimum absolute atomic E-state index is 0.119. The first-order chi connectivity index (χ1) is 6.24. The van der Waals surface area contributed by atoms with Crippen LogP contribution in [-0.2, 0) is 0 Å². The van der Waals surface area contributed by atoms with Crippen molar-refractivity contribution in [3.63, 3.8) is 0 Å². The van der Waals surface area contributed by atoms with E-state index in [9.17, 15) is 0 Å². The average molecular weight is 181 g/mol. The molecule has 0 heterocycles. The molecule has 0 saturated carbocycles. The summed E-state index contributed by atoms with van der Waals surface area (Å²) in [7, 11) is 0. The third kappa shape index (κ3) is 3.60. The van der Waals surface area contributed by atoms with Crippen LogP contribution in [-0.4, -0.2) is 16.5 Å². The van der Waals surface area contributed by atoms with Gasteiger partial charge in [-0.3, -0.25) is 0 Å². The van der Waals surface area contributed by atoms with Crippen molar-refractivity contribution < 1.29 is 10.3 Å². The molecule has 0 aliphatic carbocycles. The normalized spacial score (nSPS) is 9.46. The van der Waals surface area contributed by atoms with Crippen LogP contribution in [0.3, 0.4) is 0 Å². The second-order valence-electron chi connectivity index (χ2n) is 2.31. The number of rotatable bonds is 1. The molecule has 0 unspecified atom stereocenters. The molecule has 3 nitrogen and oxygen atoms in total. The molecule has 0 saturated heterocycles. The molecule has 1 aromatic carbocycles. The Labute approximate surface area is 78.3 Å². The molecule has 0 aromatic heterocycles. The summed E-state index contributed by atoms with van der Waals surface area (Å²) in [5.74, 6) is 0.119. The summed E-state index contributed by atoms with van der Waals surface area (Å²) in [6, 6.07) is 5.07. The van der Waals surface area contributed by atoms with E-state index in [4.69, 9.17) is 10.3 Å². The number of nitrogens with zero attached hydrogens (tertiary/aromatic N) is 1. The van der Waals surface area contributed by atoms with Crippen LogP contribution in [0.4, 0.5) is 0 Å². The monoisotopic (exact) mass is 181 g/mol. The first kappa shape index (κ1) is 11.5. The van der Waals surface area contributed by atoms with Crippen molar-refractivity contribution in [1.29, 1.82) is 0 Å². The molecule has 13 heavy (non-hydrogen) atoms. The largest absolute Gasteiger partial charge is 0.507 e. The first-order valence-corrected chi connectivity index (χ1v) is 4.21. The molecule has 0 aliphatic rings. The highest BCUT2D eigenvalue weighted by Gasteiger charge is 1.96. The maximum Gasteiger partial charge on any atom is 0.124 e. The van der Waals surface area contributed by atoms with Gasteiger partial charge in [-0.05, 0) is 19.1 Å². The Bertz CT molecular complexity index is 282. The van der Waals surface area contributed by atoms with Crippen molar-refractivity contribution >= 4 is 6.21 Å². The van der Waals surface area contributed by atoms with Gasteiger partial charge in [-0.15, -0.1) is 0 Å². The summed E-state index contributed by atoms with van der Waals surface area (Å²) in [6.07, 6.45) is 1.20. The van der Waals surface area contributed by atoms with Gasteiger partial charge in [0.2, 0.25) is 0 Å². The number of oxime groups is 1. The molecule has 72 valence electrons. The fraction of sp³-hybridized carbons (Fsp3) is 0.300. The summed E-state index contributed by atoms with van der Waals surface area (Å²) in [4.78, 5) is 0. The van der Waals surface area contributed by atoms with Crippen molar-refractivity contribution in [2.75, 3.05) is 0 Å². The third-order valence-corrected chi connectivity index (χ3v) is 1.38. The summed E-state index contributed by atoms with van der Waals surface area (Å²) in [5, 5.41) is 20.2. The maximum absolute atomic E-state index is 9.16. The van der Waals surface area contributed by atoms with E-state index in [1.165, 1.54) is 6.21 Å². The predicted octanol–water partition coefficient (Wildman–Crippen LogP) is 2.53. The Kier molecular flexibility index (Phi) is 5.35. The van der Waals surface area contributed by atoms with Crippen molar-refractivity contribution in [3.05, 3.63) is 29.3 Å². The van der Waals surface area contributed by atoms with Crippen LogP contribution >= 0.6 is 0 Å². The van der Waals surface area contributed by atoms with Gasteiger partial charge in [0.1, 0.15) is 5.75 Å². The highest BCUT2D eigenvalue weighted by atomic mass is 16.4. The zero-order valence-corrected chi connectivity index (χ0v) is 8.15. The Morgan fingerprint density at radius 3 is 2.46 bits per heavy atom. The van der Waals surface area contributed by atoms with Gasteiger partial charge in [0.25, 0.3) is 0 Å². The first-order valence-electron chi connectivity index (χ1n) is 4.21. The van der Waals surface area contributed by atoms with Crippen molar-refractivity contribution in [2.45, 2.75) is 20.8 Å². The van der Waals surface area contributed by atoms with Gasteiger partial charge in [-0.2, -0.15) is 0 Å². The van der Waals surface area contributed by atoms with Crippen LogP contribution in [0.1, 0.15) is 25.0 Å². The molecular formula is C10H15NO2. The molecule has 1 rings (SSSR count). The van der Waals surface area contributed by atoms with Crippen LogP contribution in [0.15, 0.2) is 23.4 Å². The quantitative estimate of drug-likeness (QED) is 0.397. The van der Waals surface area contributed by atoms with E-state index in [2.05, 4.69) is 5.16 Å². The Morgan fingerprint density at radius 2 is 1.92 bits per heavy atom. The number of aromatic hydroxyl groups is 1. The SMILES string of the molecule is CC.Cc1ccc(O)c(/C=N/O)c1. The van der Waals surface area contributed by atoms with Gasteiger partial charge in [0, 0.05) is 5.56 Å². The number of benzene rings is 1. The lowest BCUT2D eigenvalue weighted by Gasteiger charge is -1.97. The fourth-order valence-electron chi connectivity index (χ4n) is 0.840. The standard InChI is InChI=1S/C8H9NO2.C2H6/c1-6-2-3-8(10)7(4-6)5-9-11;1-2/h2-5,10-11H,1H3;1-2H3/b9-5+;. The zero-order chi connectivity index (χ0) is 10.3. The predicted molar refractivity (Wildman–Crippen MR) is 53.6 cm³/mol. The smallest absolute Gasteiger partial charge is 0.124 e. The van der Waals surface area contributed by atoms with Crippen LogP contribution < -0.4 is 0 Å². The third-order valence-electron chi connectivity index (χ3n) is 1.38. The molecule has 3 heteroatoms. The Balaban J connectivity index is 0.000000671. The topological polar surface area (TPSA) is 52.8 Å². The second kappa shape index (κ2) is 6.06. The van der Waals surface area contributed by atoms with Gasteiger partial charge in [0.05, 0.1) is 6.21 Å². The van der Waals surface area contributed by atoms with Gasteiger partial charge in [-0.1, -0.05) is 30.6 Å². The minimum atomic E-state index is 0.119. The van der Waals surface area contributed by atoms with E-state index in [0.29, 0.717) is 5.56 Å². The lowest BCUT2D eigenvalue weighted by Crippen LogP contribution is -1.83. The number of hydrogen-bond donors (Lipinski definition) is 2. The highest BCUT2D eigenvalue weighted by molar-refractivity contribution is 5.83. The van der Waals surface area contributed by atoms with Crippen molar-refractivity contribution in [2.24, 2.45) is 5.16 Å². The van der Waals surface area contributed by atoms with Gasteiger partial charge in [-0.25, -0.2) is 0 Å². The number of phenols is 1. The van der Waals surface area contributed by atoms with E-state index in [1.54, 1.807) is 18.2 Å². The average Bonchev–Trinajstić information content (AvgIpc) is 2.15. The molecule has 2 N–H and O–H groups in total. The molecule has 1 aromatic rings. The zero-order valence-electron chi connectivity index (χ0n) is 8.15. The molecule has 0 aliphatic heterocycles. The van der Waals surface area contributed by atoms with Gasteiger partial charge in [0.15, 0.2) is 0 Å².